The number of amides is 1. The van der Waals surface area contributed by atoms with Crippen LogP contribution in [0.25, 0.3) is 0 Å². The Morgan fingerprint density at radius 1 is 1.33 bits per heavy atom. The van der Waals surface area contributed by atoms with E-state index in [1.165, 1.54) is 19.3 Å². The maximum atomic E-state index is 12.7. The van der Waals surface area contributed by atoms with Gasteiger partial charge in [0.15, 0.2) is 0 Å². The van der Waals surface area contributed by atoms with Gasteiger partial charge in [-0.2, -0.15) is 0 Å². The molecule has 0 aromatic rings. The van der Waals surface area contributed by atoms with Gasteiger partial charge in [0.2, 0.25) is 5.91 Å². The summed E-state index contributed by atoms with van der Waals surface area (Å²) >= 11 is 0. The van der Waals surface area contributed by atoms with E-state index in [4.69, 9.17) is 4.74 Å². The van der Waals surface area contributed by atoms with Crippen molar-refractivity contribution in [1.29, 1.82) is 0 Å². The zero-order valence-electron chi connectivity index (χ0n) is 13.5. The molecule has 1 saturated carbocycles. The van der Waals surface area contributed by atoms with Crippen molar-refractivity contribution in [3.8, 4) is 0 Å². The monoisotopic (exact) mass is 298 g/mol. The van der Waals surface area contributed by atoms with Gasteiger partial charge in [0.05, 0.1) is 25.9 Å². The third-order valence-corrected chi connectivity index (χ3v) is 4.60. The lowest BCUT2D eigenvalue weighted by atomic mass is 9.93. The molecular weight excluding hydrogens is 268 g/mol. The van der Waals surface area contributed by atoms with Crippen LogP contribution in [0.15, 0.2) is 0 Å². The molecule has 2 aliphatic rings. The predicted molar refractivity (Wildman–Crippen MR) is 82.1 cm³/mol. The molecule has 0 aromatic heterocycles. The van der Waals surface area contributed by atoms with Gasteiger partial charge in [-0.05, 0) is 26.7 Å². The first-order valence-corrected chi connectivity index (χ1v) is 8.37. The fraction of sp³-hybridized carbons (Fsp3) is 0.938. The number of carbonyl (C=O) groups is 1. The Hall–Kier alpha value is -0.650. The molecule has 1 amide bonds. The van der Waals surface area contributed by atoms with Crippen molar-refractivity contribution < 1.29 is 14.6 Å². The van der Waals surface area contributed by atoms with Crippen LogP contribution in [0.2, 0.25) is 0 Å². The van der Waals surface area contributed by atoms with Gasteiger partial charge in [0.25, 0.3) is 0 Å². The van der Waals surface area contributed by atoms with Crippen molar-refractivity contribution in [2.24, 2.45) is 0 Å². The maximum Gasteiger partial charge on any atom is 0.237 e. The summed E-state index contributed by atoms with van der Waals surface area (Å²) in [6.45, 7) is 6.74. The largest absolute Gasteiger partial charge is 0.394 e. The van der Waals surface area contributed by atoms with Crippen LogP contribution in [-0.4, -0.2) is 71.8 Å². The average molecular weight is 298 g/mol. The average Bonchev–Trinajstić information content (AvgIpc) is 2.48. The van der Waals surface area contributed by atoms with Gasteiger partial charge in [0, 0.05) is 25.2 Å². The van der Waals surface area contributed by atoms with Crippen LogP contribution in [-0.2, 0) is 9.53 Å². The molecular formula is C16H30N2O3. The van der Waals surface area contributed by atoms with Gasteiger partial charge in [-0.15, -0.1) is 0 Å². The summed E-state index contributed by atoms with van der Waals surface area (Å²) in [6, 6.07) is 0.677. The van der Waals surface area contributed by atoms with E-state index < -0.39 is 0 Å². The van der Waals surface area contributed by atoms with E-state index in [9.17, 15) is 9.90 Å². The molecule has 0 radical (unpaired) electrons. The number of carbonyl (C=O) groups excluding carboxylic acids is 1. The lowest BCUT2D eigenvalue weighted by Crippen LogP contribution is -2.52. The number of hydrogen-bond donors (Lipinski definition) is 1. The lowest BCUT2D eigenvalue weighted by molar-refractivity contribution is -0.140. The number of nitrogens with zero attached hydrogens (tertiary/aromatic N) is 2. The smallest absolute Gasteiger partial charge is 0.237 e. The van der Waals surface area contributed by atoms with Crippen LogP contribution in [0.4, 0.5) is 0 Å². The minimum atomic E-state index is -0.145. The van der Waals surface area contributed by atoms with E-state index in [1.807, 2.05) is 0 Å². The molecule has 1 unspecified atom stereocenters. The highest BCUT2D eigenvalue weighted by molar-refractivity contribution is 5.79. The van der Waals surface area contributed by atoms with Crippen LogP contribution >= 0.6 is 0 Å². The molecule has 1 N–H and O–H groups in total. The van der Waals surface area contributed by atoms with Crippen LogP contribution in [0.1, 0.15) is 46.0 Å². The number of morpholine rings is 1. The number of aliphatic hydroxyl groups is 1. The van der Waals surface area contributed by atoms with Gasteiger partial charge in [-0.25, -0.2) is 0 Å². The van der Waals surface area contributed by atoms with Gasteiger partial charge in [0.1, 0.15) is 0 Å². The molecule has 2 fully saturated rings. The second-order valence-electron chi connectivity index (χ2n) is 6.60. The minimum absolute atomic E-state index is 0.0290. The van der Waals surface area contributed by atoms with Crippen molar-refractivity contribution in [2.75, 3.05) is 32.8 Å². The summed E-state index contributed by atoms with van der Waals surface area (Å²) in [5.74, 6) is 0.232. The van der Waals surface area contributed by atoms with Gasteiger partial charge >= 0.3 is 0 Å². The Kier molecular flexibility index (Phi) is 6.45. The minimum Gasteiger partial charge on any atom is -0.394 e. The van der Waals surface area contributed by atoms with E-state index in [0.29, 0.717) is 25.7 Å². The molecule has 0 bridgehead atoms. The van der Waals surface area contributed by atoms with Crippen LogP contribution < -0.4 is 0 Å². The first-order valence-electron chi connectivity index (χ1n) is 8.37. The summed E-state index contributed by atoms with van der Waals surface area (Å²) in [4.78, 5) is 16.9. The summed E-state index contributed by atoms with van der Waals surface area (Å²) < 4.78 is 5.45. The fourth-order valence-corrected chi connectivity index (χ4v) is 3.58. The van der Waals surface area contributed by atoms with E-state index in [2.05, 4.69) is 23.6 Å². The summed E-state index contributed by atoms with van der Waals surface area (Å²) in [5.41, 5.74) is 0. The molecule has 21 heavy (non-hydrogen) atoms. The molecule has 122 valence electrons. The number of rotatable bonds is 5. The van der Waals surface area contributed by atoms with E-state index in [0.717, 1.165) is 19.4 Å². The Labute approximate surface area is 128 Å². The molecule has 2 rings (SSSR count). The maximum absolute atomic E-state index is 12.7. The molecule has 1 atom stereocenters. The van der Waals surface area contributed by atoms with Crippen LogP contribution in [0.3, 0.4) is 0 Å². The van der Waals surface area contributed by atoms with Crippen LogP contribution in [0.5, 0.6) is 0 Å². The molecule has 5 heteroatoms. The molecule has 0 spiro atoms. The van der Waals surface area contributed by atoms with Crippen molar-refractivity contribution in [1.82, 2.24) is 9.80 Å². The highest BCUT2D eigenvalue weighted by Crippen LogP contribution is 2.24. The first kappa shape index (κ1) is 16.7. The van der Waals surface area contributed by atoms with E-state index in [-0.39, 0.29) is 24.7 Å². The Morgan fingerprint density at radius 2 is 2.05 bits per heavy atom. The number of hydrogen-bond acceptors (Lipinski definition) is 4. The molecule has 1 saturated heterocycles. The number of aliphatic hydroxyl groups excluding tert-OH is 1. The Morgan fingerprint density at radius 3 is 2.67 bits per heavy atom. The van der Waals surface area contributed by atoms with Gasteiger partial charge in [-0.1, -0.05) is 19.3 Å². The molecule has 1 aliphatic carbocycles. The van der Waals surface area contributed by atoms with Gasteiger partial charge < -0.3 is 14.7 Å². The summed E-state index contributed by atoms with van der Waals surface area (Å²) in [5, 5.41) is 9.20. The third-order valence-electron chi connectivity index (χ3n) is 4.60. The van der Waals surface area contributed by atoms with E-state index >= 15 is 0 Å². The fourth-order valence-electron chi connectivity index (χ4n) is 3.58. The van der Waals surface area contributed by atoms with Crippen molar-refractivity contribution in [2.45, 2.75) is 64.1 Å². The standard InChI is InChI=1S/C16H30N2O3/c1-13(2)18(14-6-4-3-5-7-14)16(20)11-17-8-9-21-15(10-17)12-19/h13-15,19H,3-12H2,1-2H3. The van der Waals surface area contributed by atoms with Crippen molar-refractivity contribution in [3.05, 3.63) is 0 Å². The molecule has 0 aromatic carbocycles. The van der Waals surface area contributed by atoms with Crippen molar-refractivity contribution >= 4 is 5.91 Å². The topological polar surface area (TPSA) is 53.0 Å². The summed E-state index contributed by atoms with van der Waals surface area (Å²) in [7, 11) is 0. The third kappa shape index (κ3) is 4.66. The SMILES string of the molecule is CC(C)N(C(=O)CN1CCOC(CO)C1)C1CCCCC1. The molecule has 1 aliphatic heterocycles. The zero-order chi connectivity index (χ0) is 15.2. The first-order chi connectivity index (χ1) is 10.1. The molecule has 1 heterocycles. The Balaban J connectivity index is 1.91. The highest BCUT2D eigenvalue weighted by atomic mass is 16.5. The second-order valence-corrected chi connectivity index (χ2v) is 6.60. The second kappa shape index (κ2) is 8.11. The predicted octanol–water partition coefficient (Wildman–Crippen LogP) is 1.25. The lowest BCUT2D eigenvalue weighted by Gasteiger charge is -2.39. The highest BCUT2D eigenvalue weighted by Gasteiger charge is 2.30. The normalized spacial score (nSPS) is 25.2. The zero-order valence-corrected chi connectivity index (χ0v) is 13.5. The summed E-state index contributed by atoms with van der Waals surface area (Å²) in [6.07, 6.45) is 5.93. The Bertz CT molecular complexity index is 329. The van der Waals surface area contributed by atoms with E-state index in [1.54, 1.807) is 0 Å². The van der Waals surface area contributed by atoms with Crippen LogP contribution in [0, 0.1) is 0 Å². The number of ether oxygens (including phenoxy) is 1. The van der Waals surface area contributed by atoms with Gasteiger partial charge in [-0.3, -0.25) is 9.69 Å². The van der Waals surface area contributed by atoms with Crippen molar-refractivity contribution in [3.63, 3.8) is 0 Å². The molecule has 5 nitrogen and oxygen atoms in total. The quantitative estimate of drug-likeness (QED) is 0.830.